The van der Waals surface area contributed by atoms with Gasteiger partial charge in [-0.1, -0.05) is 13.8 Å². The summed E-state index contributed by atoms with van der Waals surface area (Å²) in [5.41, 5.74) is -0.697. The van der Waals surface area contributed by atoms with E-state index < -0.39 is 5.54 Å². The van der Waals surface area contributed by atoms with Crippen LogP contribution in [0.1, 0.15) is 47.5 Å². The standard InChI is InChI=1S/C12H22N2O2/c1-6-9-10(15)14(8(3)4)12(5,7-2)11(16)13-9/h8-9H,6-7H2,1-5H3,(H,13,16). The summed E-state index contributed by atoms with van der Waals surface area (Å²) >= 11 is 0. The number of rotatable bonds is 3. The van der Waals surface area contributed by atoms with E-state index in [1.165, 1.54) is 0 Å². The van der Waals surface area contributed by atoms with Gasteiger partial charge < -0.3 is 10.2 Å². The third-order valence-corrected chi connectivity index (χ3v) is 3.47. The average molecular weight is 226 g/mol. The van der Waals surface area contributed by atoms with Gasteiger partial charge in [0.15, 0.2) is 0 Å². The molecule has 0 saturated carbocycles. The SMILES string of the molecule is CCC1NC(=O)C(C)(CC)N(C(C)C)C1=O. The highest BCUT2D eigenvalue weighted by Crippen LogP contribution is 2.27. The van der Waals surface area contributed by atoms with Crippen molar-refractivity contribution in [3.63, 3.8) is 0 Å². The fourth-order valence-corrected chi connectivity index (χ4v) is 2.33. The van der Waals surface area contributed by atoms with Crippen LogP contribution in [0, 0.1) is 0 Å². The summed E-state index contributed by atoms with van der Waals surface area (Å²) in [6.07, 6.45) is 1.28. The summed E-state index contributed by atoms with van der Waals surface area (Å²) < 4.78 is 0. The smallest absolute Gasteiger partial charge is 0.246 e. The second-order valence-corrected chi connectivity index (χ2v) is 4.86. The monoisotopic (exact) mass is 226 g/mol. The van der Waals surface area contributed by atoms with Crippen LogP contribution >= 0.6 is 0 Å². The van der Waals surface area contributed by atoms with Gasteiger partial charge in [-0.3, -0.25) is 9.59 Å². The Bertz CT molecular complexity index is 301. The lowest BCUT2D eigenvalue weighted by molar-refractivity contribution is -0.159. The van der Waals surface area contributed by atoms with E-state index in [0.29, 0.717) is 12.8 Å². The number of piperazine rings is 1. The van der Waals surface area contributed by atoms with E-state index in [-0.39, 0.29) is 23.9 Å². The Balaban J connectivity index is 3.12. The van der Waals surface area contributed by atoms with Crippen LogP contribution in [-0.2, 0) is 9.59 Å². The third-order valence-electron chi connectivity index (χ3n) is 3.47. The van der Waals surface area contributed by atoms with Gasteiger partial charge in [0, 0.05) is 6.04 Å². The molecule has 1 heterocycles. The molecule has 16 heavy (non-hydrogen) atoms. The maximum Gasteiger partial charge on any atom is 0.246 e. The molecule has 2 atom stereocenters. The summed E-state index contributed by atoms with van der Waals surface area (Å²) in [5, 5.41) is 2.81. The normalized spacial score (nSPS) is 30.9. The molecule has 92 valence electrons. The van der Waals surface area contributed by atoms with Crippen molar-refractivity contribution < 1.29 is 9.59 Å². The Kier molecular flexibility index (Phi) is 3.61. The van der Waals surface area contributed by atoms with Gasteiger partial charge in [-0.2, -0.15) is 0 Å². The van der Waals surface area contributed by atoms with Crippen LogP contribution in [0.25, 0.3) is 0 Å². The summed E-state index contributed by atoms with van der Waals surface area (Å²) in [5.74, 6) is 0.0107. The van der Waals surface area contributed by atoms with Gasteiger partial charge in [0.2, 0.25) is 11.8 Å². The van der Waals surface area contributed by atoms with Crippen molar-refractivity contribution in [2.45, 2.75) is 65.1 Å². The van der Waals surface area contributed by atoms with Crippen LogP contribution in [-0.4, -0.2) is 34.3 Å². The predicted octanol–water partition coefficient (Wildman–Crippen LogP) is 1.30. The highest BCUT2D eigenvalue weighted by molar-refractivity contribution is 5.99. The number of amides is 2. The zero-order valence-electron chi connectivity index (χ0n) is 10.8. The Morgan fingerprint density at radius 3 is 2.31 bits per heavy atom. The maximum absolute atomic E-state index is 12.2. The molecule has 0 aliphatic carbocycles. The average Bonchev–Trinajstić information content (AvgIpc) is 2.23. The second-order valence-electron chi connectivity index (χ2n) is 4.86. The molecule has 0 spiro atoms. The highest BCUT2D eigenvalue weighted by atomic mass is 16.2. The lowest BCUT2D eigenvalue weighted by Gasteiger charge is -2.48. The number of nitrogens with one attached hydrogen (secondary N) is 1. The molecule has 1 N–H and O–H groups in total. The van der Waals surface area contributed by atoms with E-state index in [0.717, 1.165) is 0 Å². The molecule has 1 aliphatic rings. The summed E-state index contributed by atoms with van der Waals surface area (Å²) in [4.78, 5) is 26.0. The summed E-state index contributed by atoms with van der Waals surface area (Å²) in [6, 6.07) is -0.299. The van der Waals surface area contributed by atoms with Crippen molar-refractivity contribution in [3.05, 3.63) is 0 Å². The van der Waals surface area contributed by atoms with E-state index in [1.54, 1.807) is 4.90 Å². The minimum Gasteiger partial charge on any atom is -0.342 e. The fourth-order valence-electron chi connectivity index (χ4n) is 2.33. The maximum atomic E-state index is 12.2. The molecule has 1 saturated heterocycles. The number of nitrogens with zero attached hydrogens (tertiary/aromatic N) is 1. The fraction of sp³-hybridized carbons (Fsp3) is 0.833. The topological polar surface area (TPSA) is 49.4 Å². The Labute approximate surface area is 97.4 Å². The van der Waals surface area contributed by atoms with Crippen molar-refractivity contribution >= 4 is 11.8 Å². The molecule has 4 nitrogen and oxygen atoms in total. The molecular weight excluding hydrogens is 204 g/mol. The quantitative estimate of drug-likeness (QED) is 0.788. The van der Waals surface area contributed by atoms with E-state index in [1.807, 2.05) is 34.6 Å². The minimum absolute atomic E-state index is 0.0323. The zero-order valence-corrected chi connectivity index (χ0v) is 10.8. The number of carbonyl (C=O) groups excluding carboxylic acids is 2. The Morgan fingerprint density at radius 2 is 1.94 bits per heavy atom. The molecule has 0 radical (unpaired) electrons. The van der Waals surface area contributed by atoms with E-state index in [2.05, 4.69) is 5.32 Å². The van der Waals surface area contributed by atoms with Crippen LogP contribution in [0.15, 0.2) is 0 Å². The summed E-state index contributed by atoms with van der Waals surface area (Å²) in [7, 11) is 0. The molecule has 2 amide bonds. The van der Waals surface area contributed by atoms with Crippen molar-refractivity contribution in [1.82, 2.24) is 10.2 Å². The first-order valence-corrected chi connectivity index (χ1v) is 6.02. The van der Waals surface area contributed by atoms with Gasteiger partial charge in [0.1, 0.15) is 11.6 Å². The van der Waals surface area contributed by atoms with Gasteiger partial charge in [0.05, 0.1) is 0 Å². The molecule has 1 fully saturated rings. The van der Waals surface area contributed by atoms with Crippen LogP contribution in [0.4, 0.5) is 0 Å². The molecule has 2 unspecified atom stereocenters. The largest absolute Gasteiger partial charge is 0.342 e. The molecule has 1 rings (SSSR count). The van der Waals surface area contributed by atoms with Gasteiger partial charge in [-0.25, -0.2) is 0 Å². The van der Waals surface area contributed by atoms with Gasteiger partial charge in [0.25, 0.3) is 0 Å². The van der Waals surface area contributed by atoms with Crippen LogP contribution in [0.5, 0.6) is 0 Å². The molecular formula is C12H22N2O2. The van der Waals surface area contributed by atoms with Crippen molar-refractivity contribution in [2.24, 2.45) is 0 Å². The molecule has 4 heteroatoms. The van der Waals surface area contributed by atoms with Gasteiger partial charge in [-0.15, -0.1) is 0 Å². The number of hydrogen-bond acceptors (Lipinski definition) is 2. The number of hydrogen-bond donors (Lipinski definition) is 1. The van der Waals surface area contributed by atoms with Gasteiger partial charge in [-0.05, 0) is 33.6 Å². The first-order valence-electron chi connectivity index (χ1n) is 6.02. The van der Waals surface area contributed by atoms with E-state index >= 15 is 0 Å². The first kappa shape index (κ1) is 13.0. The molecule has 0 aromatic rings. The first-order chi connectivity index (χ1) is 7.38. The lowest BCUT2D eigenvalue weighted by atomic mass is 9.88. The van der Waals surface area contributed by atoms with E-state index in [9.17, 15) is 9.59 Å². The Morgan fingerprint density at radius 1 is 1.38 bits per heavy atom. The third kappa shape index (κ3) is 1.81. The lowest BCUT2D eigenvalue weighted by Crippen LogP contribution is -2.70. The highest BCUT2D eigenvalue weighted by Gasteiger charge is 2.48. The Hall–Kier alpha value is -1.06. The van der Waals surface area contributed by atoms with Crippen molar-refractivity contribution in [1.29, 1.82) is 0 Å². The van der Waals surface area contributed by atoms with Crippen LogP contribution in [0.3, 0.4) is 0 Å². The molecule has 0 aromatic carbocycles. The second kappa shape index (κ2) is 4.44. The van der Waals surface area contributed by atoms with Crippen molar-refractivity contribution in [3.8, 4) is 0 Å². The summed E-state index contributed by atoms with van der Waals surface area (Å²) in [6.45, 7) is 9.60. The van der Waals surface area contributed by atoms with Crippen LogP contribution in [0.2, 0.25) is 0 Å². The van der Waals surface area contributed by atoms with Crippen molar-refractivity contribution in [2.75, 3.05) is 0 Å². The van der Waals surface area contributed by atoms with Crippen LogP contribution < -0.4 is 5.32 Å². The molecule has 0 aromatic heterocycles. The van der Waals surface area contributed by atoms with Gasteiger partial charge >= 0.3 is 0 Å². The number of carbonyl (C=O) groups is 2. The zero-order chi connectivity index (χ0) is 12.5. The minimum atomic E-state index is -0.697. The molecule has 1 aliphatic heterocycles. The van der Waals surface area contributed by atoms with E-state index in [4.69, 9.17) is 0 Å². The predicted molar refractivity (Wildman–Crippen MR) is 62.9 cm³/mol. The molecule has 0 bridgehead atoms.